The lowest BCUT2D eigenvalue weighted by molar-refractivity contribution is 0.793. The molecule has 0 unspecified atom stereocenters. The summed E-state index contributed by atoms with van der Waals surface area (Å²) in [6.07, 6.45) is 5.35. The molecule has 0 bridgehead atoms. The highest BCUT2D eigenvalue weighted by Gasteiger charge is 2.51. The Morgan fingerprint density at radius 2 is 1.04 bits per heavy atom. The topological polar surface area (TPSA) is 3.24 Å². The Balaban J connectivity index is 1.01. The second kappa shape index (κ2) is 16.8. The van der Waals surface area contributed by atoms with Gasteiger partial charge in [0, 0.05) is 43.2 Å². The Morgan fingerprint density at radius 3 is 1.69 bits per heavy atom. The molecule has 0 saturated carbocycles. The van der Waals surface area contributed by atoms with E-state index in [1.807, 2.05) is 11.3 Å². The van der Waals surface area contributed by atoms with Crippen LogP contribution in [0.3, 0.4) is 0 Å². The standard InChI is InChI=1S/C66H51NS/c1-5-20-43(3)50(6-2)52-39-35-46(41-58(52)65-64(51-24-11-10-21-44(51)4)57-28-15-19-32-63(57)68-65)45-33-36-48(37-34-45)67(47-22-8-7-9-23-47)49-38-40-56-55-27-14-18-31-61(55)66(62(56)42-49)59-29-16-12-25-53(59)54-26-13-17-30-60(54)66/h5,7-42H,6H2,1-4H3/b20-5-,50-43+. The second-order valence-electron chi connectivity index (χ2n) is 18.2. The van der Waals surface area contributed by atoms with Gasteiger partial charge >= 0.3 is 0 Å². The predicted octanol–water partition coefficient (Wildman–Crippen LogP) is 18.8. The van der Waals surface area contributed by atoms with Crippen LogP contribution in [0.25, 0.3) is 70.6 Å². The highest BCUT2D eigenvalue weighted by Crippen LogP contribution is 2.63. The van der Waals surface area contributed by atoms with E-state index in [-0.39, 0.29) is 0 Å². The van der Waals surface area contributed by atoms with Crippen molar-refractivity contribution in [2.24, 2.45) is 0 Å². The molecule has 0 atom stereocenters. The Labute approximate surface area is 404 Å². The van der Waals surface area contributed by atoms with Crippen molar-refractivity contribution in [3.05, 3.63) is 263 Å². The Bertz CT molecular complexity index is 3580. The summed E-state index contributed by atoms with van der Waals surface area (Å²) in [5, 5.41) is 1.30. The smallest absolute Gasteiger partial charge is 0.0726 e. The zero-order valence-corrected chi connectivity index (χ0v) is 39.7. The molecular formula is C66H51NS. The van der Waals surface area contributed by atoms with Gasteiger partial charge in [0.2, 0.25) is 0 Å². The first-order chi connectivity index (χ1) is 33.5. The lowest BCUT2D eigenvalue weighted by Gasteiger charge is -2.32. The number of rotatable bonds is 9. The SMILES string of the molecule is C/C=C\C(C)=C(/CC)c1ccc(-c2ccc(N(c3ccccc3)c3ccc4c(c3)C3(c5ccccc5-c5ccccc53)c3ccccc3-4)cc2)cc1-c1sc2ccccc2c1-c1ccccc1C. The average Bonchev–Trinajstić information content (AvgIpc) is 4.02. The van der Waals surface area contributed by atoms with Gasteiger partial charge in [-0.15, -0.1) is 11.3 Å². The summed E-state index contributed by atoms with van der Waals surface area (Å²) in [7, 11) is 0. The molecule has 0 saturated heterocycles. The zero-order valence-electron chi connectivity index (χ0n) is 38.9. The fourth-order valence-corrected chi connectivity index (χ4v) is 12.9. The maximum absolute atomic E-state index is 2.48. The van der Waals surface area contributed by atoms with Gasteiger partial charge in [-0.2, -0.15) is 0 Å². The van der Waals surface area contributed by atoms with E-state index in [1.165, 1.54) is 110 Å². The summed E-state index contributed by atoms with van der Waals surface area (Å²) < 4.78 is 1.30. The molecule has 12 rings (SSSR count). The molecule has 2 heteroatoms. The van der Waals surface area contributed by atoms with E-state index in [4.69, 9.17) is 0 Å². The first-order valence-corrected chi connectivity index (χ1v) is 24.8. The van der Waals surface area contributed by atoms with Crippen LogP contribution in [0.1, 0.15) is 60.6 Å². The van der Waals surface area contributed by atoms with Gasteiger partial charge < -0.3 is 4.90 Å². The molecule has 326 valence electrons. The van der Waals surface area contributed by atoms with Crippen LogP contribution >= 0.6 is 11.3 Å². The predicted molar refractivity (Wildman–Crippen MR) is 292 cm³/mol. The molecule has 2 aliphatic rings. The van der Waals surface area contributed by atoms with Crippen molar-refractivity contribution in [2.45, 2.75) is 39.5 Å². The van der Waals surface area contributed by atoms with Crippen molar-refractivity contribution in [3.63, 3.8) is 0 Å². The van der Waals surface area contributed by atoms with Gasteiger partial charge in [-0.05, 0) is 159 Å². The fourth-order valence-electron chi connectivity index (χ4n) is 11.6. The molecular weight excluding hydrogens is 839 g/mol. The number of allylic oxidation sites excluding steroid dienone is 4. The molecule has 0 fully saturated rings. The van der Waals surface area contributed by atoms with Crippen LogP contribution in [0.15, 0.2) is 230 Å². The summed E-state index contributed by atoms with van der Waals surface area (Å²) >= 11 is 1.91. The van der Waals surface area contributed by atoms with Gasteiger partial charge in [-0.25, -0.2) is 0 Å². The van der Waals surface area contributed by atoms with Crippen molar-refractivity contribution >= 4 is 44.1 Å². The van der Waals surface area contributed by atoms with Gasteiger partial charge in [-0.3, -0.25) is 0 Å². The highest BCUT2D eigenvalue weighted by molar-refractivity contribution is 7.23. The minimum Gasteiger partial charge on any atom is -0.310 e. The van der Waals surface area contributed by atoms with Crippen molar-refractivity contribution in [1.29, 1.82) is 0 Å². The van der Waals surface area contributed by atoms with Crippen LogP contribution in [0.2, 0.25) is 0 Å². The summed E-state index contributed by atoms with van der Waals surface area (Å²) in [6, 6.07) is 79.3. The molecule has 9 aromatic carbocycles. The number of hydrogen-bond acceptors (Lipinski definition) is 2. The van der Waals surface area contributed by atoms with Crippen molar-refractivity contribution in [3.8, 4) is 54.9 Å². The minimum atomic E-state index is -0.420. The number of anilines is 3. The molecule has 0 amide bonds. The number of para-hydroxylation sites is 1. The summed E-state index contributed by atoms with van der Waals surface area (Å²) in [6.45, 7) is 8.89. The van der Waals surface area contributed by atoms with Crippen molar-refractivity contribution < 1.29 is 0 Å². The van der Waals surface area contributed by atoms with Crippen LogP contribution in [0.4, 0.5) is 17.1 Å². The van der Waals surface area contributed by atoms with Crippen LogP contribution in [0, 0.1) is 6.92 Å². The summed E-state index contributed by atoms with van der Waals surface area (Å²) in [5.41, 5.74) is 25.1. The maximum atomic E-state index is 2.48. The number of nitrogens with zero attached hydrogens (tertiary/aromatic N) is 1. The molecule has 68 heavy (non-hydrogen) atoms. The van der Waals surface area contributed by atoms with Gasteiger partial charge in [0.25, 0.3) is 0 Å². The van der Waals surface area contributed by atoms with Crippen LogP contribution in [-0.2, 0) is 5.41 Å². The number of fused-ring (bicyclic) bond motifs is 11. The lowest BCUT2D eigenvalue weighted by atomic mass is 9.70. The molecule has 2 aliphatic carbocycles. The molecule has 1 aromatic heterocycles. The zero-order chi connectivity index (χ0) is 45.9. The molecule has 1 nitrogen and oxygen atoms in total. The number of aryl methyl sites for hydroxylation is 1. The van der Waals surface area contributed by atoms with Gasteiger partial charge in [0.05, 0.1) is 5.41 Å². The Morgan fingerprint density at radius 1 is 0.500 bits per heavy atom. The van der Waals surface area contributed by atoms with Crippen LogP contribution in [0.5, 0.6) is 0 Å². The van der Waals surface area contributed by atoms with Gasteiger partial charge in [0.1, 0.15) is 0 Å². The molecule has 0 N–H and O–H groups in total. The maximum Gasteiger partial charge on any atom is 0.0726 e. The molecule has 0 radical (unpaired) electrons. The third-order valence-electron chi connectivity index (χ3n) is 14.6. The largest absolute Gasteiger partial charge is 0.310 e. The van der Waals surface area contributed by atoms with Crippen LogP contribution in [-0.4, -0.2) is 0 Å². The third-order valence-corrected chi connectivity index (χ3v) is 15.8. The van der Waals surface area contributed by atoms with E-state index in [0.29, 0.717) is 0 Å². The first-order valence-electron chi connectivity index (χ1n) is 23.9. The van der Waals surface area contributed by atoms with E-state index in [1.54, 1.807) is 0 Å². The number of thiophene rings is 1. The molecule has 1 heterocycles. The van der Waals surface area contributed by atoms with E-state index < -0.39 is 5.41 Å². The van der Waals surface area contributed by atoms with Gasteiger partial charge in [-0.1, -0.05) is 183 Å². The Kier molecular flexibility index (Phi) is 10.3. The third kappa shape index (κ3) is 6.43. The molecule has 10 aromatic rings. The number of benzene rings is 9. The monoisotopic (exact) mass is 889 g/mol. The van der Waals surface area contributed by atoms with Crippen LogP contribution < -0.4 is 4.90 Å². The van der Waals surface area contributed by atoms with Crippen molar-refractivity contribution in [1.82, 2.24) is 0 Å². The highest BCUT2D eigenvalue weighted by atomic mass is 32.1. The van der Waals surface area contributed by atoms with E-state index in [2.05, 4.69) is 257 Å². The summed E-state index contributed by atoms with van der Waals surface area (Å²) in [5.74, 6) is 0. The summed E-state index contributed by atoms with van der Waals surface area (Å²) in [4.78, 5) is 3.74. The van der Waals surface area contributed by atoms with Gasteiger partial charge in [0.15, 0.2) is 0 Å². The molecule has 1 spiro atoms. The lowest BCUT2D eigenvalue weighted by Crippen LogP contribution is -2.26. The quantitative estimate of drug-likeness (QED) is 0.131. The number of hydrogen-bond donors (Lipinski definition) is 0. The van der Waals surface area contributed by atoms with E-state index in [9.17, 15) is 0 Å². The normalized spacial score (nSPS) is 13.4. The molecule has 0 aliphatic heterocycles. The average molecular weight is 890 g/mol. The van der Waals surface area contributed by atoms with E-state index >= 15 is 0 Å². The Hall–Kier alpha value is -7.78. The van der Waals surface area contributed by atoms with Crippen molar-refractivity contribution in [2.75, 3.05) is 4.90 Å². The fraction of sp³-hybridized carbons (Fsp3) is 0.0909. The van der Waals surface area contributed by atoms with E-state index in [0.717, 1.165) is 23.5 Å². The second-order valence-corrected chi connectivity index (χ2v) is 19.3. The first kappa shape index (κ1) is 41.6. The minimum absolute atomic E-state index is 0.420.